The zero-order valence-electron chi connectivity index (χ0n) is 23.7. The topological polar surface area (TPSA) is 0 Å². The molecule has 0 N–H and O–H groups in total. The van der Waals surface area contributed by atoms with E-state index in [1.165, 1.54) is 81.8 Å². The molecule has 0 amide bonds. The Kier molecular flexibility index (Phi) is 11.9. The molecule has 210 valence electrons. The first-order valence-corrected chi connectivity index (χ1v) is 15.7. The highest BCUT2D eigenvalue weighted by atomic mass is 35.5. The van der Waals surface area contributed by atoms with Gasteiger partial charge in [-0.3, -0.25) is 0 Å². The predicted octanol–water partition coefficient (Wildman–Crippen LogP) is 10.9. The zero-order valence-corrected chi connectivity index (χ0v) is 24.4. The maximum Gasteiger partial charge on any atom is 0.129 e. The number of rotatable bonds is 14. The van der Waals surface area contributed by atoms with E-state index < -0.39 is 11.6 Å². The van der Waals surface area contributed by atoms with Crippen LogP contribution in [0.15, 0.2) is 60.7 Å². The summed E-state index contributed by atoms with van der Waals surface area (Å²) in [5.74, 6) is 0.660. The molecule has 1 saturated carbocycles. The maximum absolute atomic E-state index is 14.8. The molecule has 3 heteroatoms. The Morgan fingerprint density at radius 1 is 0.590 bits per heavy atom. The van der Waals surface area contributed by atoms with Crippen molar-refractivity contribution in [2.75, 3.05) is 0 Å². The molecule has 0 spiro atoms. The SMILES string of the molecule is CCCCCCc1ccc(CCC2CCC(CCc3cc(F)c(CCc4ccc(Cl)cc4)c(F)c3)CC2)cc1. The summed E-state index contributed by atoms with van der Waals surface area (Å²) in [5.41, 5.74) is 4.95. The molecule has 0 aliphatic heterocycles. The molecule has 3 aromatic rings. The molecular formula is C36H45ClF2. The molecule has 0 heterocycles. The molecule has 0 atom stereocenters. The largest absolute Gasteiger partial charge is 0.207 e. The van der Waals surface area contributed by atoms with Gasteiger partial charge in [-0.25, -0.2) is 8.78 Å². The van der Waals surface area contributed by atoms with E-state index >= 15 is 0 Å². The number of halogens is 3. The Morgan fingerprint density at radius 3 is 1.64 bits per heavy atom. The van der Waals surface area contributed by atoms with Crippen molar-refractivity contribution in [2.24, 2.45) is 11.8 Å². The van der Waals surface area contributed by atoms with E-state index in [0.29, 0.717) is 23.8 Å². The lowest BCUT2D eigenvalue weighted by Crippen LogP contribution is -2.16. The number of benzene rings is 3. The molecule has 0 saturated heterocycles. The van der Waals surface area contributed by atoms with Crippen molar-refractivity contribution in [1.82, 2.24) is 0 Å². The van der Waals surface area contributed by atoms with Crippen LogP contribution in [0.3, 0.4) is 0 Å². The second-order valence-electron chi connectivity index (χ2n) is 11.8. The lowest BCUT2D eigenvalue weighted by atomic mass is 9.77. The van der Waals surface area contributed by atoms with Gasteiger partial charge in [-0.2, -0.15) is 0 Å². The average molecular weight is 551 g/mol. The summed E-state index contributed by atoms with van der Waals surface area (Å²) in [7, 11) is 0. The molecule has 3 aromatic carbocycles. The van der Waals surface area contributed by atoms with E-state index in [-0.39, 0.29) is 5.56 Å². The molecule has 1 fully saturated rings. The highest BCUT2D eigenvalue weighted by Gasteiger charge is 2.21. The van der Waals surface area contributed by atoms with Gasteiger partial charge in [0.25, 0.3) is 0 Å². The molecule has 0 radical (unpaired) electrons. The van der Waals surface area contributed by atoms with Crippen LogP contribution < -0.4 is 0 Å². The average Bonchev–Trinajstić information content (AvgIpc) is 2.95. The third kappa shape index (κ3) is 9.75. The van der Waals surface area contributed by atoms with Crippen LogP contribution in [0, 0.1) is 23.5 Å². The molecule has 39 heavy (non-hydrogen) atoms. The first kappa shape index (κ1) is 29.8. The maximum atomic E-state index is 14.8. The van der Waals surface area contributed by atoms with Crippen LogP contribution in [0.2, 0.25) is 5.02 Å². The van der Waals surface area contributed by atoms with E-state index in [1.807, 2.05) is 24.3 Å². The second kappa shape index (κ2) is 15.6. The van der Waals surface area contributed by atoms with Crippen molar-refractivity contribution in [3.05, 3.63) is 105 Å². The Balaban J connectivity index is 1.15. The van der Waals surface area contributed by atoms with Crippen molar-refractivity contribution >= 4 is 11.6 Å². The molecule has 0 aromatic heterocycles. The number of hydrogen-bond donors (Lipinski definition) is 0. The van der Waals surface area contributed by atoms with Crippen LogP contribution >= 0.6 is 11.6 Å². The highest BCUT2D eigenvalue weighted by Crippen LogP contribution is 2.34. The summed E-state index contributed by atoms with van der Waals surface area (Å²) in [5, 5.41) is 0.669. The van der Waals surface area contributed by atoms with Gasteiger partial charge >= 0.3 is 0 Å². The van der Waals surface area contributed by atoms with Crippen LogP contribution in [-0.4, -0.2) is 0 Å². The van der Waals surface area contributed by atoms with Gasteiger partial charge in [0, 0.05) is 10.6 Å². The third-order valence-corrected chi connectivity index (χ3v) is 9.02. The van der Waals surface area contributed by atoms with Gasteiger partial charge in [0.2, 0.25) is 0 Å². The van der Waals surface area contributed by atoms with Crippen LogP contribution in [0.25, 0.3) is 0 Å². The fraction of sp³-hybridized carbons (Fsp3) is 0.500. The molecule has 0 bridgehead atoms. The molecular weight excluding hydrogens is 506 g/mol. The normalized spacial score (nSPS) is 17.4. The smallest absolute Gasteiger partial charge is 0.129 e. The van der Waals surface area contributed by atoms with E-state index in [1.54, 1.807) is 12.1 Å². The van der Waals surface area contributed by atoms with Gasteiger partial charge < -0.3 is 0 Å². The van der Waals surface area contributed by atoms with E-state index in [2.05, 4.69) is 31.2 Å². The minimum atomic E-state index is -0.410. The fourth-order valence-electron chi connectivity index (χ4n) is 6.14. The minimum Gasteiger partial charge on any atom is -0.207 e. The first-order chi connectivity index (χ1) is 19.0. The van der Waals surface area contributed by atoms with Crippen LogP contribution in [0.4, 0.5) is 8.78 Å². The zero-order chi connectivity index (χ0) is 27.5. The van der Waals surface area contributed by atoms with E-state index in [4.69, 9.17) is 11.6 Å². The fourth-order valence-corrected chi connectivity index (χ4v) is 6.26. The molecule has 0 unspecified atom stereocenters. The summed E-state index contributed by atoms with van der Waals surface area (Å²) < 4.78 is 29.5. The summed E-state index contributed by atoms with van der Waals surface area (Å²) in [6.45, 7) is 2.26. The summed E-state index contributed by atoms with van der Waals surface area (Å²) >= 11 is 5.93. The Labute approximate surface area is 240 Å². The van der Waals surface area contributed by atoms with Gasteiger partial charge in [0.15, 0.2) is 0 Å². The third-order valence-electron chi connectivity index (χ3n) is 8.77. The van der Waals surface area contributed by atoms with Crippen LogP contribution in [-0.2, 0) is 32.1 Å². The molecule has 1 aliphatic carbocycles. The number of hydrogen-bond acceptors (Lipinski definition) is 0. The van der Waals surface area contributed by atoms with Crippen molar-refractivity contribution in [1.29, 1.82) is 0 Å². The second-order valence-corrected chi connectivity index (χ2v) is 12.2. The van der Waals surface area contributed by atoms with Gasteiger partial charge in [-0.15, -0.1) is 0 Å². The summed E-state index contributed by atoms with van der Waals surface area (Å²) in [4.78, 5) is 0. The van der Waals surface area contributed by atoms with Crippen LogP contribution in [0.5, 0.6) is 0 Å². The Morgan fingerprint density at radius 2 is 1.08 bits per heavy atom. The predicted molar refractivity (Wildman–Crippen MR) is 162 cm³/mol. The quantitative estimate of drug-likeness (QED) is 0.175. The standard InChI is InChI=1S/C36H45ClF2/c1-2-3-4-5-6-27-7-9-28(10-8-27)11-12-29-13-15-30(16-14-29)17-18-32-25-35(38)34(36(39)26-32)24-21-31-19-22-33(37)23-20-31/h7-10,19-20,22-23,25-26,29-30H,2-6,11-18,21,24H2,1H3. The van der Waals surface area contributed by atoms with Crippen molar-refractivity contribution in [3.63, 3.8) is 0 Å². The van der Waals surface area contributed by atoms with Gasteiger partial charge in [-0.05, 0) is 110 Å². The Hall–Kier alpha value is -2.19. The lowest BCUT2D eigenvalue weighted by molar-refractivity contribution is 0.253. The molecule has 0 nitrogen and oxygen atoms in total. The lowest BCUT2D eigenvalue weighted by Gasteiger charge is -2.28. The first-order valence-electron chi connectivity index (χ1n) is 15.3. The highest BCUT2D eigenvalue weighted by molar-refractivity contribution is 6.30. The number of aryl methyl sites for hydroxylation is 4. The summed E-state index contributed by atoms with van der Waals surface area (Å²) in [6, 6.07) is 19.9. The summed E-state index contributed by atoms with van der Waals surface area (Å²) in [6.07, 6.45) is 16.7. The molecule has 4 rings (SSSR count). The Bertz CT molecular complexity index is 1100. The van der Waals surface area contributed by atoms with E-state index in [0.717, 1.165) is 29.9 Å². The number of unbranched alkanes of at least 4 members (excludes halogenated alkanes) is 3. The van der Waals surface area contributed by atoms with Crippen molar-refractivity contribution < 1.29 is 8.78 Å². The minimum absolute atomic E-state index is 0.191. The van der Waals surface area contributed by atoms with Gasteiger partial charge in [0.05, 0.1) is 0 Å². The van der Waals surface area contributed by atoms with E-state index in [9.17, 15) is 8.78 Å². The van der Waals surface area contributed by atoms with Crippen LogP contribution in [0.1, 0.15) is 98.9 Å². The van der Waals surface area contributed by atoms with Crippen molar-refractivity contribution in [3.8, 4) is 0 Å². The molecule has 1 aliphatic rings. The van der Waals surface area contributed by atoms with Gasteiger partial charge in [0.1, 0.15) is 11.6 Å². The monoisotopic (exact) mass is 550 g/mol. The van der Waals surface area contributed by atoms with Crippen molar-refractivity contribution in [2.45, 2.75) is 103 Å². The van der Waals surface area contributed by atoms with Gasteiger partial charge in [-0.1, -0.05) is 99.9 Å².